The Bertz CT molecular complexity index is 987. The van der Waals surface area contributed by atoms with Gasteiger partial charge in [-0.25, -0.2) is 19.3 Å². The first-order valence-electron chi connectivity index (χ1n) is 8.85. The fraction of sp³-hybridized carbons (Fsp3) is 0.158. The zero-order chi connectivity index (χ0) is 19.3. The summed E-state index contributed by atoms with van der Waals surface area (Å²) in [5, 5.41) is 12.6. The molecule has 9 nitrogen and oxygen atoms in total. The molecule has 0 unspecified atom stereocenters. The molecule has 1 aromatic carbocycles. The van der Waals surface area contributed by atoms with E-state index in [2.05, 4.69) is 26.0 Å². The third-order valence-corrected chi connectivity index (χ3v) is 4.30. The van der Waals surface area contributed by atoms with Gasteiger partial charge in [0.25, 0.3) is 0 Å². The summed E-state index contributed by atoms with van der Waals surface area (Å²) in [7, 11) is 0. The molecule has 0 atom stereocenters. The van der Waals surface area contributed by atoms with Gasteiger partial charge in [-0.1, -0.05) is 12.1 Å². The highest BCUT2D eigenvalue weighted by Gasteiger charge is 2.21. The van der Waals surface area contributed by atoms with Gasteiger partial charge in [0, 0.05) is 55.2 Å². The molecule has 28 heavy (non-hydrogen) atoms. The van der Waals surface area contributed by atoms with Crippen molar-refractivity contribution in [3.8, 4) is 5.82 Å². The van der Waals surface area contributed by atoms with Crippen molar-refractivity contribution in [2.45, 2.75) is 6.54 Å². The van der Waals surface area contributed by atoms with Crippen LogP contribution in [0.25, 0.3) is 5.82 Å². The zero-order valence-electron chi connectivity index (χ0n) is 15.0. The van der Waals surface area contributed by atoms with Crippen LogP contribution in [0.3, 0.4) is 0 Å². The Hall–Kier alpha value is -3.88. The van der Waals surface area contributed by atoms with Crippen LogP contribution in [0.2, 0.25) is 0 Å². The Morgan fingerprint density at radius 1 is 1.18 bits per heavy atom. The average molecular weight is 377 g/mol. The molecule has 0 spiro atoms. The minimum atomic E-state index is -0.349. The molecule has 1 aliphatic heterocycles. The number of aromatic nitrogens is 3. The maximum Gasteiger partial charge on any atom is 0.321 e. The molecule has 3 heterocycles. The van der Waals surface area contributed by atoms with Crippen molar-refractivity contribution in [3.05, 3.63) is 66.6 Å². The second-order valence-corrected chi connectivity index (χ2v) is 6.18. The normalized spacial score (nSPS) is 13.3. The number of rotatable bonds is 5. The Morgan fingerprint density at radius 2 is 2.11 bits per heavy atom. The third-order valence-electron chi connectivity index (χ3n) is 4.30. The van der Waals surface area contributed by atoms with Crippen LogP contribution < -0.4 is 20.9 Å². The van der Waals surface area contributed by atoms with Crippen LogP contribution in [0.5, 0.6) is 0 Å². The van der Waals surface area contributed by atoms with E-state index in [1.807, 2.05) is 24.3 Å². The minimum absolute atomic E-state index is 0.135. The summed E-state index contributed by atoms with van der Waals surface area (Å²) in [4.78, 5) is 30.1. The smallest absolute Gasteiger partial charge is 0.321 e. The number of nitrogens with one attached hydrogen (secondary N) is 3. The number of hydrogen-bond acceptors (Lipinski definition) is 4. The van der Waals surface area contributed by atoms with Gasteiger partial charge in [0.1, 0.15) is 0 Å². The van der Waals surface area contributed by atoms with Gasteiger partial charge < -0.3 is 16.0 Å². The second-order valence-electron chi connectivity index (χ2n) is 6.18. The van der Waals surface area contributed by atoms with E-state index in [-0.39, 0.29) is 12.1 Å². The summed E-state index contributed by atoms with van der Waals surface area (Å²) in [6, 6.07) is 12.2. The summed E-state index contributed by atoms with van der Waals surface area (Å²) in [6.45, 7) is 1.51. The van der Waals surface area contributed by atoms with E-state index in [0.29, 0.717) is 31.1 Å². The summed E-state index contributed by atoms with van der Waals surface area (Å²) in [5.41, 5.74) is 2.18. The van der Waals surface area contributed by atoms with Crippen molar-refractivity contribution in [1.29, 1.82) is 0 Å². The van der Waals surface area contributed by atoms with E-state index in [1.165, 1.54) is 0 Å². The van der Waals surface area contributed by atoms with Crippen molar-refractivity contribution < 1.29 is 9.59 Å². The molecule has 4 rings (SSSR count). The molecule has 4 amide bonds. The number of carbonyl (C=O) groups is 2. The fourth-order valence-electron chi connectivity index (χ4n) is 2.99. The van der Waals surface area contributed by atoms with Gasteiger partial charge in [0.2, 0.25) is 0 Å². The van der Waals surface area contributed by atoms with Crippen molar-refractivity contribution >= 4 is 23.4 Å². The zero-order valence-corrected chi connectivity index (χ0v) is 15.0. The monoisotopic (exact) mass is 377 g/mol. The number of pyridine rings is 1. The Labute approximate surface area is 161 Å². The number of carbonyl (C=O) groups excluding carboxylic acids is 2. The molecular weight excluding hydrogens is 358 g/mol. The van der Waals surface area contributed by atoms with Gasteiger partial charge >= 0.3 is 12.1 Å². The summed E-state index contributed by atoms with van der Waals surface area (Å²) in [6.07, 6.45) is 5.15. The number of benzene rings is 1. The Morgan fingerprint density at radius 3 is 2.89 bits per heavy atom. The van der Waals surface area contributed by atoms with E-state index in [1.54, 1.807) is 46.4 Å². The van der Waals surface area contributed by atoms with Crippen LogP contribution in [0.1, 0.15) is 5.56 Å². The van der Waals surface area contributed by atoms with Gasteiger partial charge in [-0.3, -0.25) is 4.90 Å². The largest absolute Gasteiger partial charge is 0.336 e. The number of amides is 4. The summed E-state index contributed by atoms with van der Waals surface area (Å²) in [5.74, 6) is 0.662. The number of anilines is 2. The quantitative estimate of drug-likeness (QED) is 0.633. The lowest BCUT2D eigenvalue weighted by atomic mass is 10.2. The Balaban J connectivity index is 1.40. The molecular formula is C19H19N7O2. The van der Waals surface area contributed by atoms with Gasteiger partial charge in [0.05, 0.1) is 0 Å². The molecule has 1 saturated heterocycles. The summed E-state index contributed by atoms with van der Waals surface area (Å²) >= 11 is 0. The fourth-order valence-corrected chi connectivity index (χ4v) is 2.99. The lowest BCUT2D eigenvalue weighted by molar-refractivity contribution is 0.251. The molecule has 142 valence electrons. The third kappa shape index (κ3) is 3.78. The Kier molecular flexibility index (Phi) is 4.87. The number of urea groups is 2. The lowest BCUT2D eigenvalue weighted by Gasteiger charge is -2.16. The molecule has 3 aromatic rings. The highest BCUT2D eigenvalue weighted by atomic mass is 16.2. The molecule has 9 heteroatoms. The molecule has 0 aliphatic carbocycles. The van der Waals surface area contributed by atoms with Crippen LogP contribution in [0.4, 0.5) is 21.0 Å². The van der Waals surface area contributed by atoms with Gasteiger partial charge in [-0.15, -0.1) is 0 Å². The maximum atomic E-state index is 12.3. The molecule has 0 saturated carbocycles. The number of nitrogens with zero attached hydrogens (tertiary/aromatic N) is 4. The van der Waals surface area contributed by atoms with Crippen LogP contribution in [-0.4, -0.2) is 39.9 Å². The molecule has 2 aromatic heterocycles. The molecule has 0 radical (unpaired) electrons. The van der Waals surface area contributed by atoms with Crippen molar-refractivity contribution in [3.63, 3.8) is 0 Å². The van der Waals surface area contributed by atoms with E-state index in [9.17, 15) is 9.59 Å². The molecule has 0 bridgehead atoms. The van der Waals surface area contributed by atoms with E-state index < -0.39 is 0 Å². The average Bonchev–Trinajstić information content (AvgIpc) is 3.39. The highest BCUT2D eigenvalue weighted by Crippen LogP contribution is 2.21. The van der Waals surface area contributed by atoms with Gasteiger partial charge in [-0.05, 0) is 30.3 Å². The molecule has 1 fully saturated rings. The van der Waals surface area contributed by atoms with Crippen LogP contribution in [0.15, 0.2) is 61.1 Å². The van der Waals surface area contributed by atoms with E-state index in [0.717, 1.165) is 11.3 Å². The summed E-state index contributed by atoms with van der Waals surface area (Å²) < 4.78 is 1.65. The number of hydrogen-bond donors (Lipinski definition) is 3. The van der Waals surface area contributed by atoms with Gasteiger partial charge in [-0.2, -0.15) is 5.10 Å². The topological polar surface area (TPSA) is 104 Å². The highest BCUT2D eigenvalue weighted by molar-refractivity contribution is 5.95. The lowest BCUT2D eigenvalue weighted by Crippen LogP contribution is -2.29. The van der Waals surface area contributed by atoms with Gasteiger partial charge in [0.15, 0.2) is 5.82 Å². The van der Waals surface area contributed by atoms with Crippen LogP contribution in [0, 0.1) is 0 Å². The SMILES string of the molecule is O=C(NCc1cccnc1-n1cccn1)Nc1cccc(N2CCNC2=O)c1. The first-order chi connectivity index (χ1) is 13.7. The molecule has 1 aliphatic rings. The molecule has 3 N–H and O–H groups in total. The maximum absolute atomic E-state index is 12.3. The minimum Gasteiger partial charge on any atom is -0.336 e. The first-order valence-corrected chi connectivity index (χ1v) is 8.85. The van der Waals surface area contributed by atoms with Crippen molar-refractivity contribution in [1.82, 2.24) is 25.4 Å². The first kappa shape index (κ1) is 17.5. The second kappa shape index (κ2) is 7.78. The van der Waals surface area contributed by atoms with E-state index >= 15 is 0 Å². The van der Waals surface area contributed by atoms with Crippen LogP contribution in [-0.2, 0) is 6.54 Å². The van der Waals surface area contributed by atoms with E-state index in [4.69, 9.17) is 0 Å². The van der Waals surface area contributed by atoms with Crippen molar-refractivity contribution in [2.24, 2.45) is 0 Å². The predicted molar refractivity (Wildman–Crippen MR) is 104 cm³/mol. The predicted octanol–water partition coefficient (Wildman–Crippen LogP) is 2.12. The van der Waals surface area contributed by atoms with Crippen molar-refractivity contribution in [2.75, 3.05) is 23.3 Å². The van der Waals surface area contributed by atoms with Crippen LogP contribution >= 0.6 is 0 Å². The standard InChI is InChI=1S/C19H19N7O2/c27-18(22-13-14-4-2-7-20-17(14)26-10-3-8-23-26)24-15-5-1-6-16(12-15)25-11-9-21-19(25)28/h1-8,10,12H,9,11,13H2,(H,21,28)(H2,22,24,27).